The number of imidazole rings is 1. The number of aromatic nitrogens is 4. The van der Waals surface area contributed by atoms with Crippen LogP contribution in [0.2, 0.25) is 5.02 Å². The van der Waals surface area contributed by atoms with E-state index in [1.165, 1.54) is 6.07 Å². The van der Waals surface area contributed by atoms with Crippen molar-refractivity contribution in [3.05, 3.63) is 52.0 Å². The first-order valence-electron chi connectivity index (χ1n) is 11.9. The van der Waals surface area contributed by atoms with Gasteiger partial charge in [-0.25, -0.2) is 13.8 Å². The number of carbonyl (C=O) groups is 1. The molecule has 3 heterocycles. The highest BCUT2D eigenvalue weighted by Gasteiger charge is 2.35. The minimum Gasteiger partial charge on any atom is -0.423 e. The van der Waals surface area contributed by atoms with Gasteiger partial charge >= 0.3 is 0 Å². The quantitative estimate of drug-likeness (QED) is 0.457. The summed E-state index contributed by atoms with van der Waals surface area (Å²) in [5.74, 6) is -1.03. The van der Waals surface area contributed by atoms with Gasteiger partial charge in [0.25, 0.3) is 5.91 Å². The van der Waals surface area contributed by atoms with Gasteiger partial charge in [0.15, 0.2) is 5.69 Å². The summed E-state index contributed by atoms with van der Waals surface area (Å²) in [5, 5.41) is 11.1. The van der Waals surface area contributed by atoms with Gasteiger partial charge in [0.2, 0.25) is 11.8 Å². The molecular formula is C25H31ClF2N6O2. The Morgan fingerprint density at radius 1 is 1.14 bits per heavy atom. The Kier molecular flexibility index (Phi) is 7.21. The monoisotopic (exact) mass is 520 g/mol. The van der Waals surface area contributed by atoms with E-state index in [4.69, 9.17) is 16.0 Å². The average Bonchev–Trinajstić information content (AvgIpc) is 3.35. The molecule has 1 atom stereocenters. The fraction of sp³-hybridized carbons (Fsp3) is 0.520. The minimum absolute atomic E-state index is 0.0390. The molecule has 4 rings (SSSR count). The number of nitrogens with one attached hydrogen (secondary N) is 1. The molecular weight excluding hydrogens is 490 g/mol. The molecule has 1 aromatic carbocycles. The second kappa shape index (κ2) is 9.89. The van der Waals surface area contributed by atoms with Gasteiger partial charge in [-0.15, -0.1) is 10.2 Å². The molecule has 1 aliphatic heterocycles. The number of hydrogen-bond donors (Lipinski definition) is 1. The zero-order chi connectivity index (χ0) is 26.4. The van der Waals surface area contributed by atoms with Gasteiger partial charge in [0, 0.05) is 25.1 Å². The van der Waals surface area contributed by atoms with Crippen molar-refractivity contribution in [3.63, 3.8) is 0 Å². The van der Waals surface area contributed by atoms with E-state index >= 15 is 0 Å². The summed E-state index contributed by atoms with van der Waals surface area (Å²) in [6.07, 6.45) is 0.773. The lowest BCUT2D eigenvalue weighted by molar-refractivity contribution is 0.0878. The van der Waals surface area contributed by atoms with E-state index in [9.17, 15) is 13.6 Å². The molecule has 8 nitrogen and oxygen atoms in total. The molecule has 1 aliphatic rings. The smallest absolute Gasteiger partial charge is 0.272 e. The van der Waals surface area contributed by atoms with Crippen LogP contribution < -0.4 is 5.32 Å². The lowest BCUT2D eigenvalue weighted by Crippen LogP contribution is -2.37. The summed E-state index contributed by atoms with van der Waals surface area (Å²) >= 11 is 5.97. The van der Waals surface area contributed by atoms with Crippen LogP contribution in [-0.2, 0) is 13.1 Å². The van der Waals surface area contributed by atoms with E-state index in [1.54, 1.807) is 0 Å². The van der Waals surface area contributed by atoms with Crippen molar-refractivity contribution in [2.45, 2.75) is 66.1 Å². The van der Waals surface area contributed by atoms with Crippen molar-refractivity contribution in [1.29, 1.82) is 0 Å². The number of rotatable bonds is 5. The molecule has 2 aromatic heterocycles. The molecule has 0 saturated heterocycles. The Balaban J connectivity index is 1.78. The Bertz CT molecular complexity index is 1280. The largest absolute Gasteiger partial charge is 0.423 e. The van der Waals surface area contributed by atoms with Crippen molar-refractivity contribution < 1.29 is 18.0 Å². The molecule has 36 heavy (non-hydrogen) atoms. The molecule has 1 N–H and O–H groups in total. The molecule has 11 heteroatoms. The van der Waals surface area contributed by atoms with Crippen molar-refractivity contribution >= 4 is 17.5 Å². The number of halogens is 3. The lowest BCUT2D eigenvalue weighted by Gasteiger charge is -2.28. The standard InChI is InChI=1S/C25H31ClF2N6O2/c1-13(2)23-31-32-24(36-23)20(25(3,4)5)30-22(35)19-18-12-33(6)8-7-9-34(18)21(29-19)14-10-15(26)17(28)11-16(14)27/h10-11,13,20H,7-9,12H2,1-6H3,(H,30,35)/t20-/m1/s1. The Morgan fingerprint density at radius 3 is 2.47 bits per heavy atom. The van der Waals surface area contributed by atoms with Crippen LogP contribution in [0.25, 0.3) is 11.4 Å². The number of nitrogens with zero attached hydrogens (tertiary/aromatic N) is 5. The number of hydrogen-bond acceptors (Lipinski definition) is 6. The maximum atomic E-state index is 14.8. The van der Waals surface area contributed by atoms with Crippen molar-refractivity contribution in [1.82, 2.24) is 30.0 Å². The highest BCUT2D eigenvalue weighted by molar-refractivity contribution is 6.31. The summed E-state index contributed by atoms with van der Waals surface area (Å²) in [6, 6.07) is 1.35. The van der Waals surface area contributed by atoms with Crippen molar-refractivity contribution in [3.8, 4) is 11.4 Å². The van der Waals surface area contributed by atoms with Gasteiger partial charge in [0.1, 0.15) is 23.5 Å². The van der Waals surface area contributed by atoms with E-state index < -0.39 is 29.0 Å². The zero-order valence-corrected chi connectivity index (χ0v) is 22.1. The first-order chi connectivity index (χ1) is 16.9. The topological polar surface area (TPSA) is 89.1 Å². The van der Waals surface area contributed by atoms with Crippen molar-refractivity contribution in [2.24, 2.45) is 5.41 Å². The van der Waals surface area contributed by atoms with Crippen LogP contribution in [0, 0.1) is 17.0 Å². The van der Waals surface area contributed by atoms with Crippen LogP contribution >= 0.6 is 11.6 Å². The number of fused-ring (bicyclic) bond motifs is 1. The average molecular weight is 521 g/mol. The second-order valence-electron chi connectivity index (χ2n) is 10.6. The van der Waals surface area contributed by atoms with E-state index in [0.29, 0.717) is 30.6 Å². The zero-order valence-electron chi connectivity index (χ0n) is 21.3. The second-order valence-corrected chi connectivity index (χ2v) is 11.0. The first kappa shape index (κ1) is 26.2. The highest BCUT2D eigenvalue weighted by atomic mass is 35.5. The molecule has 0 bridgehead atoms. The summed E-state index contributed by atoms with van der Waals surface area (Å²) < 4.78 is 36.4. The molecule has 0 radical (unpaired) electrons. The predicted molar refractivity (Wildman–Crippen MR) is 132 cm³/mol. The van der Waals surface area contributed by atoms with E-state index in [1.807, 2.05) is 46.2 Å². The molecule has 194 valence electrons. The molecule has 0 unspecified atom stereocenters. The third kappa shape index (κ3) is 5.15. The fourth-order valence-corrected chi connectivity index (χ4v) is 4.41. The Hall–Kier alpha value is -2.85. The van der Waals surface area contributed by atoms with Crippen LogP contribution in [0.5, 0.6) is 0 Å². The number of amides is 1. The van der Waals surface area contributed by atoms with E-state index in [2.05, 4.69) is 25.4 Å². The summed E-state index contributed by atoms with van der Waals surface area (Å²) in [5.41, 5.74) is 0.389. The lowest BCUT2D eigenvalue weighted by atomic mass is 9.86. The predicted octanol–water partition coefficient (Wildman–Crippen LogP) is 5.34. The van der Waals surface area contributed by atoms with Gasteiger partial charge < -0.3 is 19.2 Å². The van der Waals surface area contributed by atoms with Crippen LogP contribution in [0.15, 0.2) is 16.5 Å². The Morgan fingerprint density at radius 2 is 1.83 bits per heavy atom. The van der Waals surface area contributed by atoms with Gasteiger partial charge in [-0.05, 0) is 31.5 Å². The normalized spacial score (nSPS) is 15.6. The SMILES string of the molecule is CC(C)c1nnc([C@@H](NC(=O)c2nc(-c3cc(Cl)c(F)cc3F)n3c2CN(C)CCC3)C(C)(C)C)o1. The maximum Gasteiger partial charge on any atom is 0.272 e. The van der Waals surface area contributed by atoms with E-state index in [-0.39, 0.29) is 28.0 Å². The molecule has 0 fully saturated rings. The Labute approximate surface area is 214 Å². The molecule has 0 saturated carbocycles. The van der Waals surface area contributed by atoms with Gasteiger partial charge in [0.05, 0.1) is 16.3 Å². The third-order valence-electron chi connectivity index (χ3n) is 6.22. The molecule has 3 aromatic rings. The summed E-state index contributed by atoms with van der Waals surface area (Å²) in [7, 11) is 1.95. The molecule has 0 aliphatic carbocycles. The molecule has 0 spiro atoms. The molecule has 1 amide bonds. The van der Waals surface area contributed by atoms with Crippen LogP contribution in [-0.4, -0.2) is 44.1 Å². The fourth-order valence-electron chi connectivity index (χ4n) is 4.25. The van der Waals surface area contributed by atoms with Gasteiger partial charge in [-0.3, -0.25) is 4.79 Å². The van der Waals surface area contributed by atoms with Crippen molar-refractivity contribution in [2.75, 3.05) is 13.6 Å². The van der Waals surface area contributed by atoms with Gasteiger partial charge in [-0.2, -0.15) is 0 Å². The number of benzene rings is 1. The first-order valence-corrected chi connectivity index (χ1v) is 12.3. The van der Waals surface area contributed by atoms with E-state index in [0.717, 1.165) is 19.0 Å². The highest BCUT2D eigenvalue weighted by Crippen LogP contribution is 2.35. The van der Waals surface area contributed by atoms with Crippen LogP contribution in [0.1, 0.15) is 81.0 Å². The number of carbonyl (C=O) groups excluding carboxylic acids is 1. The van der Waals surface area contributed by atoms with Crippen LogP contribution in [0.3, 0.4) is 0 Å². The van der Waals surface area contributed by atoms with Gasteiger partial charge in [-0.1, -0.05) is 46.2 Å². The maximum absolute atomic E-state index is 14.8. The minimum atomic E-state index is -0.855. The third-order valence-corrected chi connectivity index (χ3v) is 6.51. The summed E-state index contributed by atoms with van der Waals surface area (Å²) in [6.45, 7) is 11.5. The summed E-state index contributed by atoms with van der Waals surface area (Å²) in [4.78, 5) is 20.3. The van der Waals surface area contributed by atoms with Crippen LogP contribution in [0.4, 0.5) is 8.78 Å².